The quantitative estimate of drug-likeness (QED) is 0.357. The zero-order chi connectivity index (χ0) is 22.3. The highest BCUT2D eigenvalue weighted by Gasteiger charge is 2.08. The maximum Gasteiger partial charge on any atom is 0.269 e. The number of hydrazine groups is 1. The summed E-state index contributed by atoms with van der Waals surface area (Å²) in [5.41, 5.74) is 5.78. The highest BCUT2D eigenvalue weighted by Crippen LogP contribution is 2.13. The highest BCUT2D eigenvalue weighted by atomic mass is 16.5. The number of rotatable bonds is 12. The molecule has 0 aliphatic carbocycles. The van der Waals surface area contributed by atoms with Gasteiger partial charge >= 0.3 is 0 Å². The van der Waals surface area contributed by atoms with Crippen LogP contribution in [0.2, 0.25) is 0 Å². The molecule has 0 radical (unpaired) electrons. The normalized spacial score (nSPS) is 10.2. The van der Waals surface area contributed by atoms with Gasteiger partial charge < -0.3 is 10.1 Å². The topological polar surface area (TPSA) is 96.5 Å². The van der Waals surface area contributed by atoms with Gasteiger partial charge in [-0.15, -0.1) is 0 Å². The fraction of sp³-hybridized carbons (Fsp3) is 0.375. The Balaban J connectivity index is 1.60. The Bertz CT molecular complexity index is 822. The molecule has 2 rings (SSSR count). The van der Waals surface area contributed by atoms with Crippen LogP contribution in [0.1, 0.15) is 66.2 Å². The van der Waals surface area contributed by atoms with Gasteiger partial charge in [0.1, 0.15) is 5.75 Å². The zero-order valence-corrected chi connectivity index (χ0v) is 18.0. The van der Waals surface area contributed by atoms with Crippen LogP contribution >= 0.6 is 0 Å². The molecule has 7 heteroatoms. The third-order valence-corrected chi connectivity index (χ3v) is 4.60. The summed E-state index contributed by atoms with van der Waals surface area (Å²) in [5.74, 6) is -0.188. The standard InChI is InChI=1S/C24H31N3O4/c1-2-3-4-8-18-31-21-15-13-20(14-16-21)24(30)27-26-22(28)12-9-17-25-23(29)19-10-6-5-7-11-19/h5-7,10-11,13-16H,2-4,8-9,12,17-18H2,1H3,(H,25,29)(H,26,28)(H,27,30). The summed E-state index contributed by atoms with van der Waals surface area (Å²) in [6.45, 7) is 3.20. The van der Waals surface area contributed by atoms with E-state index < -0.39 is 5.91 Å². The van der Waals surface area contributed by atoms with Crippen LogP contribution in [0, 0.1) is 0 Å². The molecule has 31 heavy (non-hydrogen) atoms. The summed E-state index contributed by atoms with van der Waals surface area (Å²) >= 11 is 0. The Morgan fingerprint density at radius 3 is 2.19 bits per heavy atom. The van der Waals surface area contributed by atoms with Crippen LogP contribution in [0.5, 0.6) is 5.75 Å². The molecule has 0 atom stereocenters. The molecule has 0 saturated carbocycles. The lowest BCUT2D eigenvalue weighted by molar-refractivity contribution is -0.121. The number of hydrogen-bond acceptors (Lipinski definition) is 4. The maximum absolute atomic E-state index is 12.1. The van der Waals surface area contributed by atoms with E-state index in [0.717, 1.165) is 18.6 Å². The van der Waals surface area contributed by atoms with E-state index in [0.29, 0.717) is 30.7 Å². The van der Waals surface area contributed by atoms with E-state index >= 15 is 0 Å². The number of amides is 3. The van der Waals surface area contributed by atoms with Crippen molar-refractivity contribution in [3.8, 4) is 5.75 Å². The van der Waals surface area contributed by atoms with E-state index in [1.807, 2.05) is 6.07 Å². The van der Waals surface area contributed by atoms with Gasteiger partial charge in [0, 0.05) is 24.1 Å². The summed E-state index contributed by atoms with van der Waals surface area (Å²) in [7, 11) is 0. The number of hydrogen-bond donors (Lipinski definition) is 3. The third-order valence-electron chi connectivity index (χ3n) is 4.60. The second-order valence-corrected chi connectivity index (χ2v) is 7.16. The van der Waals surface area contributed by atoms with Crippen LogP contribution in [0.3, 0.4) is 0 Å². The van der Waals surface area contributed by atoms with Crippen LogP contribution in [0.15, 0.2) is 54.6 Å². The summed E-state index contributed by atoms with van der Waals surface area (Å²) in [5, 5.41) is 2.76. The largest absolute Gasteiger partial charge is 0.494 e. The van der Waals surface area contributed by atoms with E-state index in [4.69, 9.17) is 4.74 Å². The Hall–Kier alpha value is -3.35. The van der Waals surface area contributed by atoms with Crippen LogP contribution < -0.4 is 20.9 Å². The number of benzene rings is 2. The first-order valence-corrected chi connectivity index (χ1v) is 10.8. The van der Waals surface area contributed by atoms with Gasteiger partial charge in [0.2, 0.25) is 5.91 Å². The molecule has 0 bridgehead atoms. The average Bonchev–Trinajstić information content (AvgIpc) is 2.81. The van der Waals surface area contributed by atoms with Gasteiger partial charge in [-0.05, 0) is 49.2 Å². The molecule has 0 aliphatic heterocycles. The number of carbonyl (C=O) groups excluding carboxylic acids is 3. The monoisotopic (exact) mass is 425 g/mol. The second-order valence-electron chi connectivity index (χ2n) is 7.16. The minimum absolute atomic E-state index is 0.178. The van der Waals surface area contributed by atoms with E-state index in [1.54, 1.807) is 48.5 Å². The number of ether oxygens (including phenoxy) is 1. The molecule has 0 saturated heterocycles. The fourth-order valence-corrected chi connectivity index (χ4v) is 2.82. The molecular formula is C24H31N3O4. The molecular weight excluding hydrogens is 394 g/mol. The van der Waals surface area contributed by atoms with Gasteiger partial charge in [0.25, 0.3) is 11.8 Å². The first kappa shape index (κ1) is 23.9. The van der Waals surface area contributed by atoms with Gasteiger partial charge in [-0.2, -0.15) is 0 Å². The lowest BCUT2D eigenvalue weighted by Crippen LogP contribution is -2.41. The van der Waals surface area contributed by atoms with Gasteiger partial charge in [-0.25, -0.2) is 0 Å². The Morgan fingerprint density at radius 2 is 1.48 bits per heavy atom. The average molecular weight is 426 g/mol. The molecule has 2 aromatic carbocycles. The van der Waals surface area contributed by atoms with Crippen LogP contribution in [-0.2, 0) is 4.79 Å². The number of unbranched alkanes of at least 4 members (excludes halogenated alkanes) is 3. The van der Waals surface area contributed by atoms with Crippen LogP contribution in [0.4, 0.5) is 0 Å². The van der Waals surface area contributed by atoms with Crippen molar-refractivity contribution in [3.05, 3.63) is 65.7 Å². The molecule has 0 fully saturated rings. The summed E-state index contributed by atoms with van der Waals surface area (Å²) in [6.07, 6.45) is 5.19. The molecule has 0 spiro atoms. The molecule has 7 nitrogen and oxygen atoms in total. The number of nitrogens with one attached hydrogen (secondary N) is 3. The first-order valence-electron chi connectivity index (χ1n) is 10.8. The Kier molecular flexibility index (Phi) is 10.6. The van der Waals surface area contributed by atoms with E-state index in [2.05, 4.69) is 23.1 Å². The van der Waals surface area contributed by atoms with E-state index in [9.17, 15) is 14.4 Å². The molecule has 166 valence electrons. The smallest absolute Gasteiger partial charge is 0.269 e. The van der Waals surface area contributed by atoms with Crippen molar-refractivity contribution < 1.29 is 19.1 Å². The third kappa shape index (κ3) is 9.33. The van der Waals surface area contributed by atoms with E-state index in [1.165, 1.54) is 12.8 Å². The predicted molar refractivity (Wildman–Crippen MR) is 120 cm³/mol. The van der Waals surface area contributed by atoms with E-state index in [-0.39, 0.29) is 18.2 Å². The van der Waals surface area contributed by atoms with Gasteiger partial charge in [0.05, 0.1) is 6.61 Å². The van der Waals surface area contributed by atoms with Crippen molar-refractivity contribution in [2.75, 3.05) is 13.2 Å². The van der Waals surface area contributed by atoms with Gasteiger partial charge in [0.15, 0.2) is 0 Å². The minimum atomic E-state index is -0.403. The van der Waals surface area contributed by atoms with Crippen molar-refractivity contribution in [2.45, 2.75) is 45.4 Å². The lowest BCUT2D eigenvalue weighted by atomic mass is 10.2. The predicted octanol–water partition coefficient (Wildman–Crippen LogP) is 3.62. The van der Waals surface area contributed by atoms with Crippen molar-refractivity contribution in [3.63, 3.8) is 0 Å². The van der Waals surface area contributed by atoms with Gasteiger partial charge in [-0.1, -0.05) is 44.4 Å². The molecule has 0 heterocycles. The van der Waals surface area contributed by atoms with Crippen LogP contribution in [0.25, 0.3) is 0 Å². The zero-order valence-electron chi connectivity index (χ0n) is 18.0. The Labute approximate surface area is 183 Å². The minimum Gasteiger partial charge on any atom is -0.494 e. The molecule has 2 aromatic rings. The molecule has 3 amide bonds. The molecule has 0 aromatic heterocycles. The number of carbonyl (C=O) groups is 3. The second kappa shape index (κ2) is 13.8. The van der Waals surface area contributed by atoms with Crippen molar-refractivity contribution >= 4 is 17.7 Å². The van der Waals surface area contributed by atoms with Crippen molar-refractivity contribution in [2.24, 2.45) is 0 Å². The molecule has 0 aliphatic rings. The summed E-state index contributed by atoms with van der Waals surface area (Å²) < 4.78 is 5.65. The fourth-order valence-electron chi connectivity index (χ4n) is 2.82. The van der Waals surface area contributed by atoms with Crippen LogP contribution in [-0.4, -0.2) is 30.9 Å². The lowest BCUT2D eigenvalue weighted by Gasteiger charge is -2.09. The van der Waals surface area contributed by atoms with Gasteiger partial charge in [-0.3, -0.25) is 25.2 Å². The SMILES string of the molecule is CCCCCCOc1ccc(C(=O)NNC(=O)CCCNC(=O)c2ccccc2)cc1. The highest BCUT2D eigenvalue weighted by molar-refractivity contribution is 5.95. The summed E-state index contributed by atoms with van der Waals surface area (Å²) in [4.78, 5) is 35.9. The maximum atomic E-state index is 12.1. The Morgan fingerprint density at radius 1 is 0.774 bits per heavy atom. The first-order chi connectivity index (χ1) is 15.1. The molecule has 0 unspecified atom stereocenters. The summed E-state index contributed by atoms with van der Waals surface area (Å²) in [6, 6.07) is 15.7. The van der Waals surface area contributed by atoms with Crippen molar-refractivity contribution in [1.82, 2.24) is 16.2 Å². The molecule has 3 N–H and O–H groups in total. The van der Waals surface area contributed by atoms with Crippen molar-refractivity contribution in [1.29, 1.82) is 0 Å².